The smallest absolute Gasteiger partial charge is 0.338 e. The third-order valence-corrected chi connectivity index (χ3v) is 12.2. The molecule has 3 aliphatic carbocycles. The van der Waals surface area contributed by atoms with Crippen LogP contribution in [0, 0.1) is 16.7 Å². The van der Waals surface area contributed by atoms with Crippen molar-refractivity contribution in [2.45, 2.75) is 115 Å². The molecule has 0 radical (unpaired) electrons. The van der Waals surface area contributed by atoms with Gasteiger partial charge in [0.15, 0.2) is 23.6 Å². The van der Waals surface area contributed by atoms with Crippen molar-refractivity contribution >= 4 is 35.6 Å². The first-order valence-electron chi connectivity index (χ1n) is 18.3. The highest BCUT2D eigenvalue weighted by molar-refractivity contribution is 5.95. The number of ether oxygens (including phenoxy) is 5. The molecule has 4 N–H and O–H groups in total. The van der Waals surface area contributed by atoms with E-state index in [1.54, 1.807) is 32.0 Å². The quantitative estimate of drug-likeness (QED) is 0.162. The number of fused-ring (bicyclic) bond motifs is 5. The Morgan fingerprint density at radius 3 is 2.18 bits per heavy atom. The van der Waals surface area contributed by atoms with E-state index in [1.807, 2.05) is 0 Å². The topological polar surface area (TPSA) is 234 Å². The van der Waals surface area contributed by atoms with E-state index in [0.29, 0.717) is 0 Å². The van der Waals surface area contributed by atoms with Crippen molar-refractivity contribution in [2.24, 2.45) is 16.7 Å². The monoisotopic (exact) mass is 781 g/mol. The summed E-state index contributed by atoms with van der Waals surface area (Å²) in [4.78, 5) is 81.2. The van der Waals surface area contributed by atoms with E-state index in [0.717, 1.165) is 13.8 Å². The van der Waals surface area contributed by atoms with Gasteiger partial charge in [0.2, 0.25) is 5.91 Å². The highest BCUT2D eigenvalue weighted by Crippen LogP contribution is 2.64. The number of hydrogen-bond acceptors (Lipinski definition) is 15. The second kappa shape index (κ2) is 14.6. The van der Waals surface area contributed by atoms with Crippen molar-refractivity contribution in [3.8, 4) is 0 Å². The van der Waals surface area contributed by atoms with Crippen LogP contribution in [0.25, 0.3) is 0 Å². The van der Waals surface area contributed by atoms with Gasteiger partial charge in [-0.1, -0.05) is 32.0 Å². The first-order chi connectivity index (χ1) is 26.2. The number of amides is 1. The van der Waals surface area contributed by atoms with Crippen molar-refractivity contribution in [1.82, 2.24) is 5.32 Å². The van der Waals surface area contributed by atoms with Gasteiger partial charge < -0.3 is 48.7 Å². The van der Waals surface area contributed by atoms with Crippen LogP contribution in [0.1, 0.15) is 83.5 Å². The van der Waals surface area contributed by atoms with Gasteiger partial charge in [0, 0.05) is 39.0 Å². The van der Waals surface area contributed by atoms with Crippen LogP contribution >= 0.6 is 0 Å². The molecule has 2 saturated carbocycles. The van der Waals surface area contributed by atoms with Gasteiger partial charge in [0.1, 0.15) is 35.7 Å². The summed E-state index contributed by atoms with van der Waals surface area (Å²) in [6, 6.07) is 9.33. The fraction of sp³-hybridized carbons (Fsp3) is 0.550. The molecule has 4 aliphatic rings. The molecule has 11 atom stereocenters. The summed E-state index contributed by atoms with van der Waals surface area (Å²) in [5.41, 5.74) is -7.62. The molecule has 56 heavy (non-hydrogen) atoms. The number of furan rings is 1. The van der Waals surface area contributed by atoms with Gasteiger partial charge in [-0.15, -0.1) is 0 Å². The molecule has 1 aliphatic heterocycles. The summed E-state index contributed by atoms with van der Waals surface area (Å²) in [5, 5.41) is 39.2. The Morgan fingerprint density at radius 2 is 1.62 bits per heavy atom. The van der Waals surface area contributed by atoms with Crippen LogP contribution in [0.5, 0.6) is 0 Å². The summed E-state index contributed by atoms with van der Waals surface area (Å²) in [7, 11) is 0. The molecule has 2 aromatic rings. The van der Waals surface area contributed by atoms with Crippen molar-refractivity contribution in [3.05, 3.63) is 71.2 Å². The molecule has 6 rings (SSSR count). The number of ketones is 1. The number of rotatable bonds is 9. The number of carbonyl (C=O) groups excluding carboxylic acids is 6. The molecule has 2 heterocycles. The summed E-state index contributed by atoms with van der Waals surface area (Å²) >= 11 is 0. The highest BCUT2D eigenvalue weighted by atomic mass is 16.6. The average Bonchev–Trinajstić information content (AvgIpc) is 3.66. The van der Waals surface area contributed by atoms with Crippen LogP contribution in [-0.4, -0.2) is 105 Å². The van der Waals surface area contributed by atoms with Crippen molar-refractivity contribution in [2.75, 3.05) is 6.61 Å². The van der Waals surface area contributed by atoms with Gasteiger partial charge in [-0.3, -0.25) is 19.2 Å². The van der Waals surface area contributed by atoms with E-state index >= 15 is 4.79 Å². The van der Waals surface area contributed by atoms with E-state index in [1.165, 1.54) is 51.3 Å². The van der Waals surface area contributed by atoms with Gasteiger partial charge in [-0.2, -0.15) is 0 Å². The molecule has 16 nitrogen and oxygen atoms in total. The Morgan fingerprint density at radius 1 is 0.946 bits per heavy atom. The predicted molar refractivity (Wildman–Crippen MR) is 190 cm³/mol. The number of Topliss-reactive ketones (excluding diaryl/α,β-unsaturated/α-hetero) is 1. The number of aliphatic hydroxyl groups excluding tert-OH is 2. The second-order valence-electron chi connectivity index (χ2n) is 15.8. The lowest BCUT2D eigenvalue weighted by atomic mass is 9.44. The molecular formula is C40H47NO15. The van der Waals surface area contributed by atoms with E-state index in [2.05, 4.69) is 5.32 Å². The normalized spacial score (nSPS) is 34.1. The van der Waals surface area contributed by atoms with Gasteiger partial charge in [-0.05, 0) is 49.3 Å². The minimum Gasteiger partial charge on any atom is -0.467 e. The molecule has 3 fully saturated rings. The molecule has 2 bridgehead atoms. The Balaban J connectivity index is 1.58. The largest absolute Gasteiger partial charge is 0.467 e. The summed E-state index contributed by atoms with van der Waals surface area (Å²) < 4.78 is 35.2. The lowest BCUT2D eigenvalue weighted by Crippen LogP contribution is -2.82. The molecular weight excluding hydrogens is 734 g/mol. The molecule has 1 aromatic carbocycles. The number of benzene rings is 1. The Bertz CT molecular complexity index is 1940. The Labute approximate surface area is 322 Å². The average molecular weight is 782 g/mol. The molecule has 16 heteroatoms. The number of hydrogen-bond donors (Lipinski definition) is 4. The number of esters is 4. The maximum Gasteiger partial charge on any atom is 0.338 e. The number of aliphatic hydroxyl groups is 3. The van der Waals surface area contributed by atoms with Crippen LogP contribution in [0.2, 0.25) is 0 Å². The zero-order valence-electron chi connectivity index (χ0n) is 32.1. The third kappa shape index (κ3) is 6.41. The first-order valence-corrected chi connectivity index (χ1v) is 18.3. The number of carbonyl (C=O) groups is 6. The van der Waals surface area contributed by atoms with Crippen LogP contribution < -0.4 is 5.32 Å². The van der Waals surface area contributed by atoms with Gasteiger partial charge in [-0.25, -0.2) is 9.59 Å². The van der Waals surface area contributed by atoms with E-state index < -0.39 is 113 Å². The maximum absolute atomic E-state index is 15.3. The van der Waals surface area contributed by atoms with Crippen LogP contribution in [0.15, 0.2) is 64.3 Å². The molecule has 1 saturated heterocycles. The van der Waals surface area contributed by atoms with Crippen LogP contribution in [-0.2, 0) is 47.7 Å². The lowest BCUT2D eigenvalue weighted by molar-refractivity contribution is -0.346. The fourth-order valence-electron chi connectivity index (χ4n) is 9.36. The van der Waals surface area contributed by atoms with Crippen molar-refractivity contribution < 1.29 is 72.2 Å². The lowest BCUT2D eigenvalue weighted by Gasteiger charge is -2.67. The minimum atomic E-state index is -2.38. The summed E-state index contributed by atoms with van der Waals surface area (Å²) in [5.74, 6) is -6.86. The molecule has 1 amide bonds. The molecule has 302 valence electrons. The van der Waals surface area contributed by atoms with E-state index in [-0.39, 0.29) is 35.5 Å². The fourth-order valence-corrected chi connectivity index (χ4v) is 9.36. The van der Waals surface area contributed by atoms with E-state index in [9.17, 15) is 39.3 Å². The van der Waals surface area contributed by atoms with Gasteiger partial charge in [0.25, 0.3) is 0 Å². The third-order valence-electron chi connectivity index (χ3n) is 12.2. The first kappa shape index (κ1) is 40.8. The zero-order valence-corrected chi connectivity index (χ0v) is 32.1. The Kier molecular flexibility index (Phi) is 10.6. The maximum atomic E-state index is 15.3. The molecule has 0 spiro atoms. The predicted octanol–water partition coefficient (Wildman–Crippen LogP) is 2.03. The Hall–Kier alpha value is -4.90. The summed E-state index contributed by atoms with van der Waals surface area (Å²) in [6.07, 6.45) is -9.21. The molecule has 1 aromatic heterocycles. The van der Waals surface area contributed by atoms with Gasteiger partial charge >= 0.3 is 23.9 Å². The SMILES string of the molecule is CC(=O)NC(c1ccco1)C(O)C(=O)OC1CC2(O)C(OC(=O)c3ccccc3)C3C4(OC(C)=O)COC4CC(O)[C@@]3(C)C(=O)C(OC(C)=O)C(=C1C)C2(C)C. The van der Waals surface area contributed by atoms with Crippen molar-refractivity contribution in [1.29, 1.82) is 0 Å². The van der Waals surface area contributed by atoms with E-state index in [4.69, 9.17) is 28.1 Å². The van der Waals surface area contributed by atoms with Crippen LogP contribution in [0.3, 0.4) is 0 Å². The van der Waals surface area contributed by atoms with Crippen molar-refractivity contribution in [3.63, 3.8) is 0 Å². The second-order valence-corrected chi connectivity index (χ2v) is 15.8. The minimum absolute atomic E-state index is 0.00987. The standard InChI is InChI=1S/C40H47NO15/c1-19-25(54-36(49)30(46)29(41-20(2)42)24-14-11-15-51-24)17-40(50)34(55-35(48)23-12-9-8-10-13-23)32-38(7,26(45)16-27-39(32,18-52-27)56-22(4)44)33(47)31(53-21(3)43)28(19)37(40,5)6/h8-15,25-27,29-32,34,45-46,50H,16-18H2,1-7H3,(H,41,42)/t25?,26?,27?,29?,30?,31?,32?,34?,38-,39?,40?/m1/s1. The zero-order chi connectivity index (χ0) is 41.1. The number of nitrogens with one attached hydrogen (secondary N) is 1. The van der Waals surface area contributed by atoms with Crippen LogP contribution in [0.4, 0.5) is 0 Å². The molecule has 10 unspecified atom stereocenters. The summed E-state index contributed by atoms with van der Waals surface area (Å²) in [6.45, 7) is 9.07. The van der Waals surface area contributed by atoms with Gasteiger partial charge in [0.05, 0.1) is 35.9 Å². The highest BCUT2D eigenvalue weighted by Gasteiger charge is 2.78.